The Morgan fingerprint density at radius 2 is 2.00 bits per heavy atom. The molecule has 2 N–H and O–H groups in total. The van der Waals surface area contributed by atoms with Gasteiger partial charge in [0, 0.05) is 30.9 Å². The van der Waals surface area contributed by atoms with Crippen molar-refractivity contribution in [3.63, 3.8) is 0 Å². The Balaban J connectivity index is 0.00000243. The first kappa shape index (κ1) is 20.6. The Hall–Kier alpha value is -1.70. The van der Waals surface area contributed by atoms with Crippen molar-refractivity contribution in [3.8, 4) is 0 Å². The van der Waals surface area contributed by atoms with Crippen LogP contribution >= 0.6 is 24.0 Å². The molecule has 1 aromatic carbocycles. The molecule has 0 saturated heterocycles. The van der Waals surface area contributed by atoms with Crippen LogP contribution in [0.5, 0.6) is 0 Å². The van der Waals surface area contributed by atoms with Crippen LogP contribution in [0, 0.1) is 5.82 Å². The van der Waals surface area contributed by atoms with Gasteiger partial charge in [0.1, 0.15) is 5.82 Å². The molecule has 140 valence electrons. The van der Waals surface area contributed by atoms with Crippen LogP contribution in [0.4, 0.5) is 4.39 Å². The number of halogens is 2. The van der Waals surface area contributed by atoms with Crippen molar-refractivity contribution in [2.24, 2.45) is 4.99 Å². The highest BCUT2D eigenvalue weighted by Crippen LogP contribution is 2.49. The van der Waals surface area contributed by atoms with Crippen LogP contribution in [-0.4, -0.2) is 30.6 Å². The van der Waals surface area contributed by atoms with Gasteiger partial charge in [0.15, 0.2) is 5.96 Å². The van der Waals surface area contributed by atoms with E-state index in [1.807, 2.05) is 31.3 Å². The fraction of sp³-hybridized carbons (Fsp3) is 0.400. The molecule has 0 aliphatic heterocycles. The van der Waals surface area contributed by atoms with Gasteiger partial charge in [-0.2, -0.15) is 0 Å². The minimum absolute atomic E-state index is 0. The molecule has 1 heterocycles. The Kier molecular flexibility index (Phi) is 7.81. The second-order valence-corrected chi connectivity index (χ2v) is 6.49. The van der Waals surface area contributed by atoms with Gasteiger partial charge in [-0.3, -0.25) is 9.98 Å². The number of aromatic nitrogens is 1. The molecule has 1 aliphatic rings. The quantitative estimate of drug-likeness (QED) is 0.371. The average molecular weight is 468 g/mol. The largest absolute Gasteiger partial charge is 0.357 e. The maximum Gasteiger partial charge on any atom is 0.191 e. The van der Waals surface area contributed by atoms with Gasteiger partial charge in [-0.15, -0.1) is 24.0 Å². The van der Waals surface area contributed by atoms with E-state index in [0.717, 1.165) is 43.9 Å². The van der Waals surface area contributed by atoms with Crippen molar-refractivity contribution >= 4 is 29.9 Å². The lowest BCUT2D eigenvalue weighted by Crippen LogP contribution is -2.39. The fourth-order valence-electron chi connectivity index (χ4n) is 3.00. The lowest BCUT2D eigenvalue weighted by atomic mass is 9.95. The minimum atomic E-state index is -0.128. The summed E-state index contributed by atoms with van der Waals surface area (Å²) in [6.07, 6.45) is 6.53. The van der Waals surface area contributed by atoms with Gasteiger partial charge < -0.3 is 10.6 Å². The van der Waals surface area contributed by atoms with Crippen molar-refractivity contribution in [2.75, 3.05) is 19.6 Å². The number of rotatable bonds is 7. The van der Waals surface area contributed by atoms with E-state index in [0.29, 0.717) is 6.54 Å². The summed E-state index contributed by atoms with van der Waals surface area (Å²) in [4.78, 5) is 8.84. The Morgan fingerprint density at radius 3 is 2.65 bits per heavy atom. The van der Waals surface area contributed by atoms with E-state index in [9.17, 15) is 4.39 Å². The van der Waals surface area contributed by atoms with Crippen molar-refractivity contribution in [3.05, 3.63) is 65.7 Å². The van der Waals surface area contributed by atoms with E-state index in [4.69, 9.17) is 4.99 Å². The summed E-state index contributed by atoms with van der Waals surface area (Å²) >= 11 is 0. The smallest absolute Gasteiger partial charge is 0.191 e. The highest BCUT2D eigenvalue weighted by atomic mass is 127. The number of nitrogens with one attached hydrogen (secondary N) is 2. The number of hydrogen-bond donors (Lipinski definition) is 2. The molecule has 1 aromatic heterocycles. The van der Waals surface area contributed by atoms with Gasteiger partial charge in [0.2, 0.25) is 0 Å². The maximum absolute atomic E-state index is 14.1. The molecule has 0 radical (unpaired) electrons. The number of nitrogens with zero attached hydrogens (tertiary/aromatic N) is 2. The first-order chi connectivity index (χ1) is 12.2. The minimum Gasteiger partial charge on any atom is -0.357 e. The molecule has 2 aromatic rings. The van der Waals surface area contributed by atoms with E-state index in [1.165, 1.54) is 11.6 Å². The van der Waals surface area contributed by atoms with Crippen LogP contribution in [0.1, 0.15) is 30.9 Å². The molecule has 26 heavy (non-hydrogen) atoms. The molecule has 0 atom stereocenters. The lowest BCUT2D eigenvalue weighted by Gasteiger charge is -2.16. The number of guanidine groups is 1. The summed E-state index contributed by atoms with van der Waals surface area (Å²) in [6, 6.07) is 11.1. The molecule has 1 aliphatic carbocycles. The first-order valence-corrected chi connectivity index (χ1v) is 8.90. The summed E-state index contributed by atoms with van der Waals surface area (Å²) in [5, 5.41) is 6.62. The third kappa shape index (κ3) is 5.40. The standard InChI is InChI=1S/C20H25FN4.HI/c1-2-23-19(24-13-9-16-6-5-12-22-14-16)25-15-20(10-11-20)17-7-3-4-8-18(17)21;/h3-8,12,14H,2,9-11,13,15H2,1H3,(H2,23,24,25);1H. The third-order valence-corrected chi connectivity index (χ3v) is 4.61. The summed E-state index contributed by atoms with van der Waals surface area (Å²) in [6.45, 7) is 4.23. The topological polar surface area (TPSA) is 49.3 Å². The molecule has 6 heteroatoms. The van der Waals surface area contributed by atoms with Crippen molar-refractivity contribution in [1.29, 1.82) is 0 Å². The van der Waals surface area contributed by atoms with Crippen LogP contribution in [0.25, 0.3) is 0 Å². The van der Waals surface area contributed by atoms with Crippen LogP contribution < -0.4 is 10.6 Å². The highest BCUT2D eigenvalue weighted by Gasteiger charge is 2.45. The van der Waals surface area contributed by atoms with Crippen LogP contribution in [0.15, 0.2) is 53.8 Å². The SMILES string of the molecule is CCNC(=NCC1(c2ccccc2F)CC1)NCCc1cccnc1.I. The molecule has 1 saturated carbocycles. The summed E-state index contributed by atoms with van der Waals surface area (Å²) in [7, 11) is 0. The van der Waals surface area contributed by atoms with Gasteiger partial charge in [0.25, 0.3) is 0 Å². The zero-order chi connectivity index (χ0) is 17.5. The van der Waals surface area contributed by atoms with E-state index in [1.54, 1.807) is 12.3 Å². The molecule has 0 bridgehead atoms. The van der Waals surface area contributed by atoms with Crippen LogP contribution in [0.3, 0.4) is 0 Å². The molecule has 4 nitrogen and oxygen atoms in total. The predicted octanol–water partition coefficient (Wildman–Crippen LogP) is 3.67. The molecule has 0 amide bonds. The van der Waals surface area contributed by atoms with Gasteiger partial charge in [-0.05, 0) is 49.4 Å². The van der Waals surface area contributed by atoms with Crippen LogP contribution in [0.2, 0.25) is 0 Å². The van der Waals surface area contributed by atoms with E-state index in [2.05, 4.69) is 21.7 Å². The second-order valence-electron chi connectivity index (χ2n) is 6.49. The first-order valence-electron chi connectivity index (χ1n) is 8.90. The zero-order valence-corrected chi connectivity index (χ0v) is 17.4. The monoisotopic (exact) mass is 468 g/mol. The molecular formula is C20H26FIN4. The normalized spacial score (nSPS) is 15.1. The number of aliphatic imine (C=N–C) groups is 1. The number of pyridine rings is 1. The third-order valence-electron chi connectivity index (χ3n) is 4.61. The van der Waals surface area contributed by atoms with E-state index >= 15 is 0 Å². The zero-order valence-electron chi connectivity index (χ0n) is 15.0. The summed E-state index contributed by atoms with van der Waals surface area (Å²) < 4.78 is 14.1. The maximum atomic E-state index is 14.1. The summed E-state index contributed by atoms with van der Waals surface area (Å²) in [5.74, 6) is 0.666. The van der Waals surface area contributed by atoms with Crippen molar-refractivity contribution < 1.29 is 4.39 Å². The lowest BCUT2D eigenvalue weighted by molar-refractivity contribution is 0.572. The van der Waals surface area contributed by atoms with E-state index in [-0.39, 0.29) is 35.2 Å². The van der Waals surface area contributed by atoms with Crippen molar-refractivity contribution in [2.45, 2.75) is 31.6 Å². The van der Waals surface area contributed by atoms with Gasteiger partial charge in [-0.25, -0.2) is 4.39 Å². The van der Waals surface area contributed by atoms with Gasteiger partial charge >= 0.3 is 0 Å². The molecule has 1 fully saturated rings. The Morgan fingerprint density at radius 1 is 1.19 bits per heavy atom. The van der Waals surface area contributed by atoms with E-state index < -0.39 is 0 Å². The molecule has 0 unspecified atom stereocenters. The Bertz CT molecular complexity index is 717. The fourth-order valence-corrected chi connectivity index (χ4v) is 3.00. The van der Waals surface area contributed by atoms with Crippen molar-refractivity contribution in [1.82, 2.24) is 15.6 Å². The average Bonchev–Trinajstić information content (AvgIpc) is 3.42. The molecule has 0 spiro atoms. The highest BCUT2D eigenvalue weighted by molar-refractivity contribution is 14.0. The Labute approximate surface area is 171 Å². The summed E-state index contributed by atoms with van der Waals surface area (Å²) in [5.41, 5.74) is 1.86. The predicted molar refractivity (Wildman–Crippen MR) is 115 cm³/mol. The van der Waals surface area contributed by atoms with Crippen LogP contribution in [-0.2, 0) is 11.8 Å². The number of hydrogen-bond acceptors (Lipinski definition) is 2. The second kappa shape index (κ2) is 9.85. The molecular weight excluding hydrogens is 442 g/mol. The van der Waals surface area contributed by atoms with Gasteiger partial charge in [-0.1, -0.05) is 24.3 Å². The number of benzene rings is 1. The van der Waals surface area contributed by atoms with Gasteiger partial charge in [0.05, 0.1) is 6.54 Å². The molecule has 3 rings (SSSR count).